The highest BCUT2D eigenvalue weighted by Crippen LogP contribution is 2.27. The summed E-state index contributed by atoms with van der Waals surface area (Å²) in [6.45, 7) is 4.40. The number of phenols is 1. The molecule has 1 nitrogen and oxygen atoms in total. The van der Waals surface area contributed by atoms with Crippen LogP contribution in [-0.4, -0.2) is 5.11 Å². The molecule has 0 radical (unpaired) electrons. The van der Waals surface area contributed by atoms with Crippen molar-refractivity contribution in [2.75, 3.05) is 0 Å². The van der Waals surface area contributed by atoms with Gasteiger partial charge in [-0.3, -0.25) is 0 Å². The standard InChI is InChI=1S/C17H20O/c1-3-5-13-6-11-17(14(4-2)12-13)15-7-9-16(18)10-8-15/h6-12,18H,3-5H2,1-2H3. The van der Waals surface area contributed by atoms with Crippen molar-refractivity contribution in [1.29, 1.82) is 0 Å². The Morgan fingerprint density at radius 2 is 1.67 bits per heavy atom. The SMILES string of the molecule is CCCc1ccc(-c2ccc(O)cc2)c(CC)c1. The molecule has 0 aromatic heterocycles. The molecular weight excluding hydrogens is 220 g/mol. The van der Waals surface area contributed by atoms with E-state index in [1.54, 1.807) is 12.1 Å². The van der Waals surface area contributed by atoms with Crippen LogP contribution in [0.3, 0.4) is 0 Å². The largest absolute Gasteiger partial charge is 0.508 e. The van der Waals surface area contributed by atoms with E-state index in [1.807, 2.05) is 12.1 Å². The van der Waals surface area contributed by atoms with E-state index in [9.17, 15) is 5.11 Å². The minimum atomic E-state index is 0.319. The molecule has 2 aromatic rings. The monoisotopic (exact) mass is 240 g/mol. The Morgan fingerprint density at radius 3 is 2.28 bits per heavy atom. The van der Waals surface area contributed by atoms with E-state index in [0.29, 0.717) is 5.75 Å². The summed E-state index contributed by atoms with van der Waals surface area (Å²) in [5, 5.41) is 9.34. The Balaban J connectivity index is 2.40. The quantitative estimate of drug-likeness (QED) is 0.829. The van der Waals surface area contributed by atoms with Gasteiger partial charge in [-0.25, -0.2) is 0 Å². The number of hydrogen-bond acceptors (Lipinski definition) is 1. The van der Waals surface area contributed by atoms with Gasteiger partial charge in [-0.05, 0) is 47.2 Å². The van der Waals surface area contributed by atoms with E-state index in [4.69, 9.17) is 0 Å². The number of hydrogen-bond donors (Lipinski definition) is 1. The molecule has 0 aliphatic carbocycles. The molecule has 1 N–H and O–H groups in total. The molecule has 0 saturated carbocycles. The highest BCUT2D eigenvalue weighted by Gasteiger charge is 2.05. The van der Waals surface area contributed by atoms with Gasteiger partial charge in [0.2, 0.25) is 0 Å². The molecule has 0 fully saturated rings. The van der Waals surface area contributed by atoms with Gasteiger partial charge in [-0.1, -0.05) is 50.6 Å². The van der Waals surface area contributed by atoms with Gasteiger partial charge in [0.05, 0.1) is 0 Å². The Morgan fingerprint density at radius 1 is 0.944 bits per heavy atom. The second-order valence-corrected chi connectivity index (χ2v) is 4.64. The summed E-state index contributed by atoms with van der Waals surface area (Å²) in [4.78, 5) is 0. The van der Waals surface area contributed by atoms with Gasteiger partial charge in [0, 0.05) is 0 Å². The van der Waals surface area contributed by atoms with E-state index in [2.05, 4.69) is 32.0 Å². The molecule has 0 saturated heterocycles. The van der Waals surface area contributed by atoms with Gasteiger partial charge >= 0.3 is 0 Å². The molecule has 2 rings (SSSR count). The van der Waals surface area contributed by atoms with Gasteiger partial charge in [0.1, 0.15) is 5.75 Å². The zero-order chi connectivity index (χ0) is 13.0. The number of benzene rings is 2. The minimum Gasteiger partial charge on any atom is -0.508 e. The summed E-state index contributed by atoms with van der Waals surface area (Å²) in [6, 6.07) is 14.2. The van der Waals surface area contributed by atoms with Gasteiger partial charge < -0.3 is 5.11 Å². The van der Waals surface area contributed by atoms with Crippen LogP contribution in [0.5, 0.6) is 5.75 Å². The first-order valence-corrected chi connectivity index (χ1v) is 6.65. The Bertz CT molecular complexity index is 512. The Labute approximate surface area is 109 Å². The molecule has 0 heterocycles. The fourth-order valence-corrected chi connectivity index (χ4v) is 2.31. The van der Waals surface area contributed by atoms with Crippen LogP contribution in [0, 0.1) is 0 Å². The molecule has 0 aliphatic rings. The lowest BCUT2D eigenvalue weighted by molar-refractivity contribution is 0.475. The van der Waals surface area contributed by atoms with Crippen LogP contribution in [0.2, 0.25) is 0 Å². The molecule has 0 amide bonds. The van der Waals surface area contributed by atoms with Crippen LogP contribution < -0.4 is 0 Å². The van der Waals surface area contributed by atoms with Crippen LogP contribution in [0.4, 0.5) is 0 Å². The van der Waals surface area contributed by atoms with E-state index in [0.717, 1.165) is 12.8 Å². The summed E-state index contributed by atoms with van der Waals surface area (Å²) in [5.74, 6) is 0.319. The molecule has 18 heavy (non-hydrogen) atoms. The number of aromatic hydroxyl groups is 1. The predicted octanol–water partition coefficient (Wildman–Crippen LogP) is 4.57. The van der Waals surface area contributed by atoms with Crippen molar-refractivity contribution in [2.45, 2.75) is 33.1 Å². The van der Waals surface area contributed by atoms with Crippen LogP contribution in [-0.2, 0) is 12.8 Å². The Kier molecular flexibility index (Phi) is 4.03. The molecule has 94 valence electrons. The highest BCUT2D eigenvalue weighted by atomic mass is 16.3. The lowest BCUT2D eigenvalue weighted by atomic mass is 9.95. The second kappa shape index (κ2) is 5.72. The maximum absolute atomic E-state index is 9.34. The highest BCUT2D eigenvalue weighted by molar-refractivity contribution is 5.68. The van der Waals surface area contributed by atoms with Crippen LogP contribution in [0.15, 0.2) is 42.5 Å². The van der Waals surface area contributed by atoms with Crippen molar-refractivity contribution in [1.82, 2.24) is 0 Å². The average Bonchev–Trinajstić information content (AvgIpc) is 2.40. The van der Waals surface area contributed by atoms with Crippen molar-refractivity contribution in [3.63, 3.8) is 0 Å². The summed E-state index contributed by atoms with van der Waals surface area (Å²) >= 11 is 0. The van der Waals surface area contributed by atoms with Crippen molar-refractivity contribution in [3.8, 4) is 16.9 Å². The van der Waals surface area contributed by atoms with Gasteiger partial charge in [0.25, 0.3) is 0 Å². The fourth-order valence-electron chi connectivity index (χ4n) is 2.31. The first-order valence-electron chi connectivity index (χ1n) is 6.65. The van der Waals surface area contributed by atoms with Gasteiger partial charge in [-0.15, -0.1) is 0 Å². The zero-order valence-corrected chi connectivity index (χ0v) is 11.1. The molecular formula is C17H20O. The fraction of sp³-hybridized carbons (Fsp3) is 0.294. The molecule has 0 aliphatic heterocycles. The third kappa shape index (κ3) is 2.73. The zero-order valence-electron chi connectivity index (χ0n) is 11.1. The van der Waals surface area contributed by atoms with Crippen LogP contribution in [0.25, 0.3) is 11.1 Å². The summed E-state index contributed by atoms with van der Waals surface area (Å²) in [7, 11) is 0. The normalized spacial score (nSPS) is 10.6. The van der Waals surface area contributed by atoms with E-state index < -0.39 is 0 Å². The molecule has 0 spiro atoms. The lowest BCUT2D eigenvalue weighted by Gasteiger charge is -2.10. The van der Waals surface area contributed by atoms with Crippen molar-refractivity contribution >= 4 is 0 Å². The van der Waals surface area contributed by atoms with Gasteiger partial charge in [-0.2, -0.15) is 0 Å². The summed E-state index contributed by atoms with van der Waals surface area (Å²) in [5.41, 5.74) is 5.24. The van der Waals surface area contributed by atoms with E-state index in [1.165, 1.54) is 28.7 Å². The third-order valence-corrected chi connectivity index (χ3v) is 3.27. The van der Waals surface area contributed by atoms with Crippen molar-refractivity contribution < 1.29 is 5.11 Å². The summed E-state index contributed by atoms with van der Waals surface area (Å²) < 4.78 is 0. The smallest absolute Gasteiger partial charge is 0.115 e. The number of rotatable bonds is 4. The average molecular weight is 240 g/mol. The predicted molar refractivity (Wildman–Crippen MR) is 76.9 cm³/mol. The van der Waals surface area contributed by atoms with Crippen LogP contribution in [0.1, 0.15) is 31.4 Å². The minimum absolute atomic E-state index is 0.319. The number of phenolic OH excluding ortho intramolecular Hbond substituents is 1. The molecule has 1 heteroatoms. The maximum Gasteiger partial charge on any atom is 0.115 e. The summed E-state index contributed by atoms with van der Waals surface area (Å²) in [6.07, 6.45) is 3.36. The third-order valence-electron chi connectivity index (χ3n) is 3.27. The van der Waals surface area contributed by atoms with E-state index in [-0.39, 0.29) is 0 Å². The first kappa shape index (κ1) is 12.7. The topological polar surface area (TPSA) is 20.2 Å². The molecule has 0 atom stereocenters. The molecule has 2 aromatic carbocycles. The maximum atomic E-state index is 9.34. The Hall–Kier alpha value is -1.76. The number of aryl methyl sites for hydroxylation is 2. The van der Waals surface area contributed by atoms with Crippen molar-refractivity contribution in [2.24, 2.45) is 0 Å². The van der Waals surface area contributed by atoms with Crippen molar-refractivity contribution in [3.05, 3.63) is 53.6 Å². The second-order valence-electron chi connectivity index (χ2n) is 4.64. The van der Waals surface area contributed by atoms with Gasteiger partial charge in [0.15, 0.2) is 0 Å². The molecule has 0 bridgehead atoms. The lowest BCUT2D eigenvalue weighted by Crippen LogP contribution is -1.91. The van der Waals surface area contributed by atoms with Crippen LogP contribution >= 0.6 is 0 Å². The van der Waals surface area contributed by atoms with E-state index >= 15 is 0 Å². The first-order chi connectivity index (χ1) is 8.74. The molecule has 0 unspecified atom stereocenters.